The van der Waals surface area contributed by atoms with Crippen molar-refractivity contribution in [3.63, 3.8) is 0 Å². The van der Waals surface area contributed by atoms with Gasteiger partial charge in [-0.2, -0.15) is 5.10 Å². The minimum absolute atomic E-state index is 0.178. The van der Waals surface area contributed by atoms with Gasteiger partial charge in [0.1, 0.15) is 5.69 Å². The van der Waals surface area contributed by atoms with Crippen molar-refractivity contribution in [1.29, 1.82) is 0 Å². The Kier molecular flexibility index (Phi) is 5.98. The Balaban J connectivity index is 2.76. The molecule has 0 spiro atoms. The molecule has 100 valence electrons. The number of hydrogen-bond acceptors (Lipinski definition) is 1. The van der Waals surface area contributed by atoms with Gasteiger partial charge in [-0.05, 0) is 24.2 Å². The van der Waals surface area contributed by atoms with Crippen LogP contribution < -0.4 is 0 Å². The minimum Gasteiger partial charge on any atom is -0.284 e. The zero-order valence-electron chi connectivity index (χ0n) is 12.1. The van der Waals surface area contributed by atoms with Crippen molar-refractivity contribution in [3.8, 4) is 12.3 Å². The number of H-pyrrole nitrogens is 1. The molecule has 0 aromatic carbocycles. The lowest BCUT2D eigenvalue weighted by molar-refractivity contribution is 0.376. The molecule has 18 heavy (non-hydrogen) atoms. The lowest BCUT2D eigenvalue weighted by atomic mass is 9.75. The molecule has 0 fully saturated rings. The van der Waals surface area contributed by atoms with E-state index >= 15 is 0 Å². The maximum atomic E-state index is 5.53. The highest BCUT2D eigenvalue weighted by Crippen LogP contribution is 2.35. The molecular formula is C16H26N2. The SMILES string of the molecule is C#Cc1n[nH]cc1C(C)(CCC)CCCCCC. The second kappa shape index (κ2) is 7.26. The normalized spacial score (nSPS) is 14.1. The lowest BCUT2D eigenvalue weighted by Crippen LogP contribution is -2.22. The van der Waals surface area contributed by atoms with Crippen LogP contribution >= 0.6 is 0 Å². The minimum atomic E-state index is 0.178. The van der Waals surface area contributed by atoms with E-state index in [4.69, 9.17) is 6.42 Å². The van der Waals surface area contributed by atoms with Gasteiger partial charge in [-0.3, -0.25) is 5.10 Å². The van der Waals surface area contributed by atoms with Gasteiger partial charge in [0.2, 0.25) is 0 Å². The van der Waals surface area contributed by atoms with Crippen LogP contribution in [0.5, 0.6) is 0 Å². The molecule has 0 saturated carbocycles. The standard InChI is InChI=1S/C16H26N2/c1-5-8-9-10-12-16(4,11-6-2)14-13-17-18-15(14)7-3/h3,13H,5-6,8-12H2,1-2,4H3,(H,17,18). The van der Waals surface area contributed by atoms with Gasteiger partial charge in [-0.25, -0.2) is 0 Å². The average molecular weight is 246 g/mol. The fraction of sp³-hybridized carbons (Fsp3) is 0.688. The number of terminal acetylenes is 1. The van der Waals surface area contributed by atoms with Gasteiger partial charge >= 0.3 is 0 Å². The van der Waals surface area contributed by atoms with Gasteiger partial charge < -0.3 is 0 Å². The summed E-state index contributed by atoms with van der Waals surface area (Å²) < 4.78 is 0. The second-order valence-electron chi connectivity index (χ2n) is 5.41. The topological polar surface area (TPSA) is 28.7 Å². The largest absolute Gasteiger partial charge is 0.284 e. The van der Waals surface area contributed by atoms with Gasteiger partial charge in [-0.1, -0.05) is 52.9 Å². The predicted octanol–water partition coefficient (Wildman–Crippen LogP) is 4.42. The fourth-order valence-corrected chi connectivity index (χ4v) is 2.75. The third-order valence-corrected chi connectivity index (χ3v) is 3.81. The van der Waals surface area contributed by atoms with Gasteiger partial charge in [0, 0.05) is 11.8 Å². The van der Waals surface area contributed by atoms with Crippen molar-refractivity contribution in [3.05, 3.63) is 17.5 Å². The van der Waals surface area contributed by atoms with Crippen LogP contribution in [0.4, 0.5) is 0 Å². The van der Waals surface area contributed by atoms with Crippen LogP contribution in [0.1, 0.15) is 77.0 Å². The molecule has 1 N–H and O–H groups in total. The Morgan fingerprint density at radius 3 is 2.61 bits per heavy atom. The summed E-state index contributed by atoms with van der Waals surface area (Å²) in [6.45, 7) is 6.81. The molecule has 1 unspecified atom stereocenters. The Morgan fingerprint density at radius 1 is 1.22 bits per heavy atom. The van der Waals surface area contributed by atoms with Crippen LogP contribution in [0.15, 0.2) is 6.20 Å². The number of rotatable bonds is 8. The molecule has 1 atom stereocenters. The van der Waals surface area contributed by atoms with Crippen LogP contribution in [0.3, 0.4) is 0 Å². The van der Waals surface area contributed by atoms with Crippen LogP contribution in [-0.4, -0.2) is 10.2 Å². The number of nitrogens with zero attached hydrogens (tertiary/aromatic N) is 1. The quantitative estimate of drug-likeness (QED) is 0.534. The molecule has 2 nitrogen and oxygen atoms in total. The molecule has 1 rings (SSSR count). The van der Waals surface area contributed by atoms with Crippen molar-refractivity contribution >= 4 is 0 Å². The first-order valence-corrected chi connectivity index (χ1v) is 7.18. The smallest absolute Gasteiger partial charge is 0.138 e. The van der Waals surface area contributed by atoms with Gasteiger partial charge in [-0.15, -0.1) is 6.42 Å². The van der Waals surface area contributed by atoms with Gasteiger partial charge in [0.15, 0.2) is 0 Å². The predicted molar refractivity (Wildman–Crippen MR) is 77.5 cm³/mol. The maximum Gasteiger partial charge on any atom is 0.138 e. The molecule has 2 heteroatoms. The first-order chi connectivity index (χ1) is 8.68. The first kappa shape index (κ1) is 14.8. The van der Waals surface area contributed by atoms with Crippen molar-refractivity contribution in [2.24, 2.45) is 0 Å². The molecule has 0 amide bonds. The lowest BCUT2D eigenvalue weighted by Gasteiger charge is -2.29. The molecule has 1 aromatic rings. The molecule has 0 radical (unpaired) electrons. The Hall–Kier alpha value is -1.23. The number of nitrogens with one attached hydrogen (secondary N) is 1. The Labute approximate surface area is 112 Å². The molecule has 1 heterocycles. The van der Waals surface area contributed by atoms with Crippen molar-refractivity contribution in [2.75, 3.05) is 0 Å². The molecular weight excluding hydrogens is 220 g/mol. The Bertz CT molecular complexity index is 386. The van der Waals surface area contributed by atoms with E-state index in [0.717, 1.165) is 5.69 Å². The van der Waals surface area contributed by atoms with Crippen molar-refractivity contribution in [1.82, 2.24) is 10.2 Å². The van der Waals surface area contributed by atoms with E-state index < -0.39 is 0 Å². The molecule has 0 aliphatic heterocycles. The summed E-state index contributed by atoms with van der Waals surface area (Å²) in [5.74, 6) is 2.70. The zero-order chi connectivity index (χ0) is 13.4. The van der Waals surface area contributed by atoms with E-state index in [2.05, 4.69) is 36.9 Å². The summed E-state index contributed by atoms with van der Waals surface area (Å²) in [7, 11) is 0. The first-order valence-electron chi connectivity index (χ1n) is 7.18. The third kappa shape index (κ3) is 3.63. The number of unbranched alkanes of at least 4 members (excludes halogenated alkanes) is 3. The van der Waals surface area contributed by atoms with E-state index in [1.165, 1.54) is 50.5 Å². The summed E-state index contributed by atoms with van der Waals surface area (Å²) in [6, 6.07) is 0. The van der Waals surface area contributed by atoms with E-state index in [1.54, 1.807) is 0 Å². The van der Waals surface area contributed by atoms with Crippen LogP contribution in [0.25, 0.3) is 0 Å². The number of hydrogen-bond donors (Lipinski definition) is 1. The van der Waals surface area contributed by atoms with Crippen LogP contribution in [-0.2, 0) is 5.41 Å². The van der Waals surface area contributed by atoms with Gasteiger partial charge in [0.25, 0.3) is 0 Å². The maximum absolute atomic E-state index is 5.53. The van der Waals surface area contributed by atoms with Crippen LogP contribution in [0, 0.1) is 12.3 Å². The summed E-state index contributed by atoms with van der Waals surface area (Å²) >= 11 is 0. The summed E-state index contributed by atoms with van der Waals surface area (Å²) in [5.41, 5.74) is 2.20. The highest BCUT2D eigenvalue weighted by atomic mass is 15.1. The summed E-state index contributed by atoms with van der Waals surface area (Å²) in [6.07, 6.45) is 16.3. The molecule has 1 aromatic heterocycles. The summed E-state index contributed by atoms with van der Waals surface area (Å²) in [5, 5.41) is 7.09. The number of aromatic nitrogens is 2. The highest BCUT2D eigenvalue weighted by Gasteiger charge is 2.28. The molecule has 0 bridgehead atoms. The monoisotopic (exact) mass is 246 g/mol. The Morgan fingerprint density at radius 2 is 2.00 bits per heavy atom. The van der Waals surface area contributed by atoms with Crippen LogP contribution in [0.2, 0.25) is 0 Å². The van der Waals surface area contributed by atoms with E-state index in [9.17, 15) is 0 Å². The third-order valence-electron chi connectivity index (χ3n) is 3.81. The second-order valence-corrected chi connectivity index (χ2v) is 5.41. The molecule has 0 aliphatic rings. The highest BCUT2D eigenvalue weighted by molar-refractivity contribution is 5.37. The molecule has 0 saturated heterocycles. The average Bonchev–Trinajstić information content (AvgIpc) is 2.84. The number of aromatic amines is 1. The van der Waals surface area contributed by atoms with E-state index in [-0.39, 0.29) is 5.41 Å². The molecule has 0 aliphatic carbocycles. The van der Waals surface area contributed by atoms with Crippen molar-refractivity contribution in [2.45, 2.75) is 71.1 Å². The fourth-order valence-electron chi connectivity index (χ4n) is 2.75. The van der Waals surface area contributed by atoms with Gasteiger partial charge in [0.05, 0.1) is 0 Å². The zero-order valence-corrected chi connectivity index (χ0v) is 12.1. The van der Waals surface area contributed by atoms with E-state index in [1.807, 2.05) is 6.20 Å². The van der Waals surface area contributed by atoms with Crippen molar-refractivity contribution < 1.29 is 0 Å². The van der Waals surface area contributed by atoms with E-state index in [0.29, 0.717) is 0 Å². The summed E-state index contributed by atoms with van der Waals surface area (Å²) in [4.78, 5) is 0.